The summed E-state index contributed by atoms with van der Waals surface area (Å²) in [5.41, 5.74) is 5.65. The van der Waals surface area contributed by atoms with Crippen LogP contribution in [-0.4, -0.2) is 18.9 Å². The lowest BCUT2D eigenvalue weighted by molar-refractivity contribution is -0.139. The van der Waals surface area contributed by atoms with Crippen LogP contribution in [0, 0.1) is 0 Å². The van der Waals surface area contributed by atoms with E-state index >= 15 is 0 Å². The van der Waals surface area contributed by atoms with Gasteiger partial charge in [-0.05, 0) is 6.07 Å². The maximum absolute atomic E-state index is 11.8. The van der Waals surface area contributed by atoms with Crippen molar-refractivity contribution in [2.24, 2.45) is 0 Å². The van der Waals surface area contributed by atoms with Gasteiger partial charge < -0.3 is 10.5 Å². The normalized spacial score (nSPS) is 10.1. The highest BCUT2D eigenvalue weighted by atomic mass is 35.5. The second-order valence-corrected chi connectivity index (χ2v) is 4.29. The number of carbonyl (C=O) groups excluding carboxylic acids is 2. The largest absolute Gasteiger partial charge is 0.469 e. The maximum atomic E-state index is 11.8. The quantitative estimate of drug-likeness (QED) is 0.306. The second kappa shape index (κ2) is 5.58. The van der Waals surface area contributed by atoms with Crippen molar-refractivity contribution >= 4 is 52.2 Å². The average molecular weight is 297 g/mol. The van der Waals surface area contributed by atoms with E-state index in [1.54, 1.807) is 0 Å². The van der Waals surface area contributed by atoms with E-state index in [9.17, 15) is 9.59 Å². The Morgan fingerprint density at radius 1 is 1.29 bits per heavy atom. The molecule has 0 fully saturated rings. The van der Waals surface area contributed by atoms with Crippen LogP contribution in [0.4, 0.5) is 5.69 Å². The molecule has 7 heteroatoms. The number of nitrogen functional groups attached to an aromatic ring is 1. The van der Waals surface area contributed by atoms with Crippen LogP contribution in [0.3, 0.4) is 0 Å². The first-order valence-electron chi connectivity index (χ1n) is 4.41. The van der Waals surface area contributed by atoms with Gasteiger partial charge in [0.05, 0.1) is 27.7 Å². The van der Waals surface area contributed by atoms with Gasteiger partial charge in [-0.1, -0.05) is 34.8 Å². The van der Waals surface area contributed by atoms with Crippen LogP contribution in [0.1, 0.15) is 16.8 Å². The first-order chi connectivity index (χ1) is 7.88. The molecule has 0 aliphatic carbocycles. The summed E-state index contributed by atoms with van der Waals surface area (Å²) in [4.78, 5) is 22.7. The fourth-order valence-electron chi connectivity index (χ4n) is 1.19. The number of hydrogen-bond acceptors (Lipinski definition) is 4. The van der Waals surface area contributed by atoms with Crippen LogP contribution in [-0.2, 0) is 9.53 Å². The number of ketones is 1. The molecule has 0 amide bonds. The Morgan fingerprint density at radius 2 is 1.88 bits per heavy atom. The van der Waals surface area contributed by atoms with Crippen molar-refractivity contribution in [1.29, 1.82) is 0 Å². The number of hydrogen-bond donors (Lipinski definition) is 1. The Balaban J connectivity index is 3.18. The summed E-state index contributed by atoms with van der Waals surface area (Å²) in [6.07, 6.45) is -0.460. The van der Waals surface area contributed by atoms with Crippen molar-refractivity contribution in [3.63, 3.8) is 0 Å². The van der Waals surface area contributed by atoms with Gasteiger partial charge in [0.25, 0.3) is 0 Å². The van der Waals surface area contributed by atoms with E-state index in [0.717, 1.165) is 0 Å². The SMILES string of the molecule is COC(=O)CC(=O)c1c(N)cc(Cl)c(Cl)c1Cl. The average Bonchev–Trinajstić information content (AvgIpc) is 2.25. The molecular formula is C10H8Cl3NO3. The molecule has 0 unspecified atom stereocenters. The molecule has 1 aromatic rings. The van der Waals surface area contributed by atoms with Crippen molar-refractivity contribution in [2.45, 2.75) is 6.42 Å². The van der Waals surface area contributed by atoms with Gasteiger partial charge in [0.1, 0.15) is 6.42 Å². The molecule has 92 valence electrons. The maximum Gasteiger partial charge on any atom is 0.313 e. The summed E-state index contributed by atoms with van der Waals surface area (Å²) in [5, 5.41) is 0.102. The smallest absolute Gasteiger partial charge is 0.313 e. The summed E-state index contributed by atoms with van der Waals surface area (Å²) in [7, 11) is 1.18. The van der Waals surface area contributed by atoms with Gasteiger partial charge in [-0.2, -0.15) is 0 Å². The van der Waals surface area contributed by atoms with Crippen molar-refractivity contribution in [1.82, 2.24) is 0 Å². The lowest BCUT2D eigenvalue weighted by Crippen LogP contribution is -2.12. The van der Waals surface area contributed by atoms with Gasteiger partial charge in [-0.25, -0.2) is 0 Å². The summed E-state index contributed by atoms with van der Waals surface area (Å²) >= 11 is 17.4. The van der Waals surface area contributed by atoms with E-state index in [2.05, 4.69) is 4.74 Å². The zero-order valence-electron chi connectivity index (χ0n) is 8.72. The van der Waals surface area contributed by atoms with Crippen LogP contribution < -0.4 is 5.73 Å². The number of esters is 1. The highest BCUT2D eigenvalue weighted by Gasteiger charge is 2.21. The zero-order chi connectivity index (χ0) is 13.2. The van der Waals surface area contributed by atoms with Gasteiger partial charge in [-0.15, -0.1) is 0 Å². The number of nitrogens with two attached hydrogens (primary N) is 1. The third-order valence-electron chi connectivity index (χ3n) is 2.00. The number of benzene rings is 1. The van der Waals surface area contributed by atoms with Gasteiger partial charge in [0.15, 0.2) is 5.78 Å². The predicted octanol–water partition coefficient (Wildman–Crippen LogP) is 2.97. The molecule has 2 N–H and O–H groups in total. The van der Waals surface area contributed by atoms with Crippen LogP contribution in [0.5, 0.6) is 0 Å². The number of rotatable bonds is 3. The van der Waals surface area contributed by atoms with Crippen LogP contribution in [0.2, 0.25) is 15.1 Å². The second-order valence-electron chi connectivity index (χ2n) is 3.13. The Bertz CT molecular complexity index is 488. The van der Waals surface area contributed by atoms with E-state index in [4.69, 9.17) is 40.5 Å². The van der Waals surface area contributed by atoms with Gasteiger partial charge in [-0.3, -0.25) is 9.59 Å². The topological polar surface area (TPSA) is 69.4 Å². The van der Waals surface area contributed by atoms with Gasteiger partial charge in [0.2, 0.25) is 0 Å². The summed E-state index contributed by atoms with van der Waals surface area (Å²) < 4.78 is 4.37. The lowest BCUT2D eigenvalue weighted by atomic mass is 10.1. The molecule has 0 heterocycles. The number of carbonyl (C=O) groups is 2. The molecule has 0 aromatic heterocycles. The Morgan fingerprint density at radius 3 is 2.41 bits per heavy atom. The molecule has 1 aromatic carbocycles. The molecule has 1 rings (SSSR count). The van der Waals surface area contributed by atoms with E-state index in [1.807, 2.05) is 0 Å². The van der Waals surface area contributed by atoms with Crippen molar-refractivity contribution < 1.29 is 14.3 Å². The van der Waals surface area contributed by atoms with Crippen molar-refractivity contribution in [3.8, 4) is 0 Å². The van der Waals surface area contributed by atoms with E-state index in [-0.39, 0.29) is 26.3 Å². The fraction of sp³-hybridized carbons (Fsp3) is 0.200. The molecular weight excluding hydrogens is 288 g/mol. The number of ether oxygens (including phenoxy) is 1. The number of anilines is 1. The summed E-state index contributed by atoms with van der Waals surface area (Å²) in [6, 6.07) is 1.31. The van der Waals surface area contributed by atoms with Crippen LogP contribution >= 0.6 is 34.8 Å². The van der Waals surface area contributed by atoms with Crippen LogP contribution in [0.15, 0.2) is 6.07 Å². The van der Waals surface area contributed by atoms with E-state index in [1.165, 1.54) is 13.2 Å². The predicted molar refractivity (Wildman–Crippen MR) is 66.8 cm³/mol. The molecule has 0 atom stereocenters. The molecule has 0 radical (unpaired) electrons. The molecule has 0 aliphatic rings. The van der Waals surface area contributed by atoms with Crippen molar-refractivity contribution in [3.05, 3.63) is 26.7 Å². The fourth-order valence-corrected chi connectivity index (χ4v) is 1.91. The zero-order valence-corrected chi connectivity index (χ0v) is 11.0. The summed E-state index contributed by atoms with van der Waals surface area (Å²) in [5.74, 6) is -1.26. The molecule has 0 bridgehead atoms. The minimum Gasteiger partial charge on any atom is -0.469 e. The van der Waals surface area contributed by atoms with E-state index in [0.29, 0.717) is 0 Å². The van der Waals surface area contributed by atoms with Crippen LogP contribution in [0.25, 0.3) is 0 Å². The monoisotopic (exact) mass is 295 g/mol. The molecule has 0 spiro atoms. The van der Waals surface area contributed by atoms with Gasteiger partial charge >= 0.3 is 5.97 Å². The number of halogens is 3. The Kier molecular flexibility index (Phi) is 4.62. The minimum absolute atomic E-state index is 0.0218. The third kappa shape index (κ3) is 3.03. The number of Topliss-reactive ketones (excluding diaryl/α,β-unsaturated/α-hetero) is 1. The Labute approximate surface area is 113 Å². The van der Waals surface area contributed by atoms with E-state index < -0.39 is 18.2 Å². The highest BCUT2D eigenvalue weighted by molar-refractivity contribution is 6.49. The molecule has 17 heavy (non-hydrogen) atoms. The Hall–Kier alpha value is -0.970. The van der Waals surface area contributed by atoms with Crippen molar-refractivity contribution in [2.75, 3.05) is 12.8 Å². The highest BCUT2D eigenvalue weighted by Crippen LogP contribution is 2.37. The van der Waals surface area contributed by atoms with Gasteiger partial charge in [0, 0.05) is 5.69 Å². The molecule has 0 saturated carbocycles. The first-order valence-corrected chi connectivity index (χ1v) is 5.54. The molecule has 0 saturated heterocycles. The molecule has 4 nitrogen and oxygen atoms in total. The first kappa shape index (κ1) is 14.1. The number of methoxy groups -OCH3 is 1. The third-order valence-corrected chi connectivity index (χ3v) is 3.27. The summed E-state index contributed by atoms with van der Waals surface area (Å²) in [6.45, 7) is 0. The standard InChI is InChI=1S/C10H8Cl3NO3/c1-17-7(16)3-6(15)8-5(14)2-4(11)9(12)10(8)13/h2H,3,14H2,1H3. The lowest BCUT2D eigenvalue weighted by Gasteiger charge is -2.09. The minimum atomic E-state index is -0.684. The molecule has 0 aliphatic heterocycles.